The van der Waals surface area contributed by atoms with E-state index in [1.54, 1.807) is 14.2 Å². The molecule has 3 rings (SSSR count). The molecule has 2 heterocycles. The van der Waals surface area contributed by atoms with Crippen LogP contribution in [0.2, 0.25) is 0 Å². The van der Waals surface area contributed by atoms with E-state index < -0.39 is 12.0 Å². The van der Waals surface area contributed by atoms with Crippen molar-refractivity contribution in [3.8, 4) is 11.5 Å². The van der Waals surface area contributed by atoms with Gasteiger partial charge in [0.2, 0.25) is 0 Å². The smallest absolute Gasteiger partial charge is 0.320 e. The van der Waals surface area contributed by atoms with Gasteiger partial charge in [-0.25, -0.2) is 0 Å². The van der Waals surface area contributed by atoms with Crippen LogP contribution >= 0.6 is 0 Å². The summed E-state index contributed by atoms with van der Waals surface area (Å²) in [5.41, 5.74) is 2.82. The SMILES string of the molecule is CCc1ccc(C(c2cccc(OC)c2OC)N2CCCC2C(=O)O)nc1. The molecule has 1 aromatic carbocycles. The maximum absolute atomic E-state index is 11.8. The van der Waals surface area contributed by atoms with Crippen LogP contribution < -0.4 is 9.47 Å². The largest absolute Gasteiger partial charge is 0.493 e. The Morgan fingerprint density at radius 1 is 1.30 bits per heavy atom. The molecule has 0 spiro atoms. The number of hydrogen-bond acceptors (Lipinski definition) is 5. The van der Waals surface area contributed by atoms with Crippen LogP contribution in [-0.2, 0) is 11.2 Å². The summed E-state index contributed by atoms with van der Waals surface area (Å²) in [5, 5.41) is 9.72. The number of aryl methyl sites for hydroxylation is 1. The Balaban J connectivity index is 2.14. The van der Waals surface area contributed by atoms with Crippen molar-refractivity contribution in [2.24, 2.45) is 0 Å². The Bertz CT molecular complexity index is 791. The van der Waals surface area contributed by atoms with Crippen molar-refractivity contribution in [1.82, 2.24) is 9.88 Å². The van der Waals surface area contributed by atoms with Gasteiger partial charge >= 0.3 is 5.97 Å². The van der Waals surface area contributed by atoms with Crippen LogP contribution in [0.15, 0.2) is 36.5 Å². The van der Waals surface area contributed by atoms with Gasteiger partial charge in [-0.15, -0.1) is 0 Å². The second kappa shape index (κ2) is 8.39. The van der Waals surface area contributed by atoms with Crippen LogP contribution in [0, 0.1) is 0 Å². The molecule has 0 saturated carbocycles. The molecule has 1 aliphatic rings. The maximum Gasteiger partial charge on any atom is 0.320 e. The zero-order valence-corrected chi connectivity index (χ0v) is 16.0. The lowest BCUT2D eigenvalue weighted by atomic mass is 9.98. The molecule has 2 atom stereocenters. The minimum absolute atomic E-state index is 0.315. The van der Waals surface area contributed by atoms with Crippen molar-refractivity contribution in [1.29, 1.82) is 0 Å². The summed E-state index contributed by atoms with van der Waals surface area (Å²) in [6.07, 6.45) is 4.24. The molecule has 0 radical (unpaired) electrons. The van der Waals surface area contributed by atoms with Gasteiger partial charge in [0.1, 0.15) is 6.04 Å². The molecule has 1 aromatic heterocycles. The van der Waals surface area contributed by atoms with Crippen LogP contribution in [-0.4, -0.2) is 47.8 Å². The standard InChI is InChI=1S/C21H26N2O4/c1-4-14-10-11-16(22-13-14)19(23-12-6-8-17(23)21(24)25)15-7-5-9-18(26-2)20(15)27-3/h5,7,9-11,13,17,19H,4,6,8,12H2,1-3H3,(H,24,25). The Hall–Kier alpha value is -2.60. The number of carboxylic acid groups (broad SMARTS) is 1. The maximum atomic E-state index is 11.8. The third-order valence-corrected chi connectivity index (χ3v) is 5.17. The third-order valence-electron chi connectivity index (χ3n) is 5.17. The predicted octanol–water partition coefficient (Wildman–Crippen LogP) is 3.30. The lowest BCUT2D eigenvalue weighted by Gasteiger charge is -2.32. The lowest BCUT2D eigenvalue weighted by Crippen LogP contribution is -2.39. The zero-order valence-electron chi connectivity index (χ0n) is 16.0. The third kappa shape index (κ3) is 3.76. The van der Waals surface area contributed by atoms with E-state index in [0.717, 1.165) is 29.7 Å². The number of likely N-dealkylation sites (tertiary alicyclic amines) is 1. The van der Waals surface area contributed by atoms with Crippen LogP contribution in [0.4, 0.5) is 0 Å². The average Bonchev–Trinajstić information content (AvgIpc) is 3.18. The Labute approximate surface area is 159 Å². The molecule has 1 N–H and O–H groups in total. The number of nitrogens with zero attached hydrogens (tertiary/aromatic N) is 2. The number of benzene rings is 1. The number of carbonyl (C=O) groups is 1. The first-order chi connectivity index (χ1) is 13.1. The first kappa shape index (κ1) is 19.2. The van der Waals surface area contributed by atoms with Gasteiger partial charge in [0.05, 0.1) is 26.0 Å². The lowest BCUT2D eigenvalue weighted by molar-refractivity contribution is -0.142. The van der Waals surface area contributed by atoms with Gasteiger partial charge in [-0.05, 0) is 37.0 Å². The van der Waals surface area contributed by atoms with E-state index in [0.29, 0.717) is 24.5 Å². The summed E-state index contributed by atoms with van der Waals surface area (Å²) < 4.78 is 11.1. The fourth-order valence-corrected chi connectivity index (χ4v) is 3.81. The van der Waals surface area contributed by atoms with Crippen molar-refractivity contribution in [3.05, 3.63) is 53.3 Å². The highest BCUT2D eigenvalue weighted by Crippen LogP contribution is 2.42. The number of aliphatic carboxylic acids is 1. The molecule has 6 heteroatoms. The van der Waals surface area contributed by atoms with Gasteiger partial charge in [-0.3, -0.25) is 14.7 Å². The average molecular weight is 370 g/mol. The second-order valence-electron chi connectivity index (χ2n) is 6.66. The number of hydrogen-bond donors (Lipinski definition) is 1. The molecule has 0 amide bonds. The molecule has 1 aliphatic heterocycles. The Kier molecular flexibility index (Phi) is 5.96. The molecule has 2 aromatic rings. The van der Waals surface area contributed by atoms with Gasteiger partial charge < -0.3 is 14.6 Å². The summed E-state index contributed by atoms with van der Waals surface area (Å²) in [6.45, 7) is 2.78. The molecule has 2 unspecified atom stereocenters. The molecule has 27 heavy (non-hydrogen) atoms. The normalized spacial score (nSPS) is 18.3. The molecular weight excluding hydrogens is 344 g/mol. The van der Waals surface area contributed by atoms with Gasteiger partial charge in [-0.2, -0.15) is 0 Å². The number of para-hydroxylation sites is 1. The van der Waals surface area contributed by atoms with E-state index in [1.165, 1.54) is 0 Å². The van der Waals surface area contributed by atoms with Crippen molar-refractivity contribution in [3.63, 3.8) is 0 Å². The van der Waals surface area contributed by atoms with Crippen LogP contribution in [0.5, 0.6) is 11.5 Å². The van der Waals surface area contributed by atoms with Crippen molar-refractivity contribution >= 4 is 5.97 Å². The highest BCUT2D eigenvalue weighted by molar-refractivity contribution is 5.74. The molecule has 6 nitrogen and oxygen atoms in total. The molecule has 1 saturated heterocycles. The predicted molar refractivity (Wildman–Crippen MR) is 102 cm³/mol. The summed E-state index contributed by atoms with van der Waals surface area (Å²) in [6, 6.07) is 8.87. The Morgan fingerprint density at radius 2 is 2.11 bits per heavy atom. The summed E-state index contributed by atoms with van der Waals surface area (Å²) in [4.78, 5) is 18.5. The minimum atomic E-state index is -0.801. The Morgan fingerprint density at radius 3 is 2.70 bits per heavy atom. The zero-order chi connectivity index (χ0) is 19.4. The van der Waals surface area contributed by atoms with Crippen molar-refractivity contribution in [2.75, 3.05) is 20.8 Å². The minimum Gasteiger partial charge on any atom is -0.493 e. The van der Waals surface area contributed by atoms with Crippen LogP contribution in [0.3, 0.4) is 0 Å². The molecule has 144 valence electrons. The highest BCUT2D eigenvalue weighted by atomic mass is 16.5. The summed E-state index contributed by atoms with van der Waals surface area (Å²) >= 11 is 0. The number of ether oxygens (including phenoxy) is 2. The number of methoxy groups -OCH3 is 2. The van der Waals surface area contributed by atoms with E-state index in [1.807, 2.05) is 41.4 Å². The monoisotopic (exact) mass is 370 g/mol. The second-order valence-corrected chi connectivity index (χ2v) is 6.66. The van der Waals surface area contributed by atoms with Gasteiger partial charge in [0, 0.05) is 18.3 Å². The molecule has 0 aliphatic carbocycles. The number of rotatable bonds is 7. The van der Waals surface area contributed by atoms with Crippen LogP contribution in [0.25, 0.3) is 0 Å². The number of aromatic nitrogens is 1. The van der Waals surface area contributed by atoms with E-state index >= 15 is 0 Å². The number of carboxylic acids is 1. The molecule has 1 fully saturated rings. The number of pyridine rings is 1. The van der Waals surface area contributed by atoms with Crippen molar-refractivity contribution in [2.45, 2.75) is 38.3 Å². The van der Waals surface area contributed by atoms with Gasteiger partial charge in [0.15, 0.2) is 11.5 Å². The fourth-order valence-electron chi connectivity index (χ4n) is 3.81. The molecular formula is C21H26N2O4. The highest BCUT2D eigenvalue weighted by Gasteiger charge is 2.38. The van der Waals surface area contributed by atoms with Crippen LogP contribution in [0.1, 0.15) is 42.6 Å². The van der Waals surface area contributed by atoms with E-state index in [4.69, 9.17) is 9.47 Å². The van der Waals surface area contributed by atoms with Gasteiger partial charge in [-0.1, -0.05) is 25.1 Å². The summed E-state index contributed by atoms with van der Waals surface area (Å²) in [5.74, 6) is 0.434. The topological polar surface area (TPSA) is 71.9 Å². The quantitative estimate of drug-likeness (QED) is 0.806. The van der Waals surface area contributed by atoms with E-state index in [-0.39, 0.29) is 6.04 Å². The van der Waals surface area contributed by atoms with Gasteiger partial charge in [0.25, 0.3) is 0 Å². The summed E-state index contributed by atoms with van der Waals surface area (Å²) in [7, 11) is 3.20. The first-order valence-electron chi connectivity index (χ1n) is 9.25. The fraction of sp³-hybridized carbons (Fsp3) is 0.429. The molecule has 0 bridgehead atoms. The van der Waals surface area contributed by atoms with E-state index in [9.17, 15) is 9.90 Å². The van der Waals surface area contributed by atoms with E-state index in [2.05, 4.69) is 11.9 Å². The first-order valence-corrected chi connectivity index (χ1v) is 9.25. The van der Waals surface area contributed by atoms with Crippen molar-refractivity contribution < 1.29 is 19.4 Å².